The molecule has 3 aromatic rings. The van der Waals surface area contributed by atoms with Crippen LogP contribution in [-0.4, -0.2) is 27.8 Å². The van der Waals surface area contributed by atoms with Gasteiger partial charge in [0.2, 0.25) is 5.91 Å². The summed E-state index contributed by atoms with van der Waals surface area (Å²) in [6.07, 6.45) is 5.26. The van der Waals surface area contributed by atoms with E-state index >= 15 is 0 Å². The molecule has 0 saturated carbocycles. The van der Waals surface area contributed by atoms with Gasteiger partial charge in [0.05, 0.1) is 18.4 Å². The molecular formula is C21H20ClN3O. The maximum atomic E-state index is 12.9. The molecule has 0 unspecified atom stereocenters. The lowest BCUT2D eigenvalue weighted by Gasteiger charge is -2.23. The summed E-state index contributed by atoms with van der Waals surface area (Å²) in [6, 6.07) is 17.7. The highest BCUT2D eigenvalue weighted by atomic mass is 35.5. The quantitative estimate of drug-likeness (QED) is 0.653. The molecule has 0 aliphatic rings. The Morgan fingerprint density at radius 2 is 1.81 bits per heavy atom. The summed E-state index contributed by atoms with van der Waals surface area (Å²) in [5, 5.41) is 0.672. The summed E-state index contributed by atoms with van der Waals surface area (Å²) < 4.78 is 0. The Balaban J connectivity index is 1.82. The Morgan fingerprint density at radius 1 is 1.08 bits per heavy atom. The van der Waals surface area contributed by atoms with Gasteiger partial charge in [-0.1, -0.05) is 60.1 Å². The van der Waals surface area contributed by atoms with Crippen molar-refractivity contribution in [3.63, 3.8) is 0 Å². The fourth-order valence-corrected chi connectivity index (χ4v) is 3.19. The molecule has 1 atom stereocenters. The van der Waals surface area contributed by atoms with Crippen LogP contribution in [0.4, 0.5) is 0 Å². The zero-order valence-electron chi connectivity index (χ0n) is 14.5. The number of benzene rings is 2. The average molecular weight is 366 g/mol. The van der Waals surface area contributed by atoms with E-state index in [1.165, 1.54) is 0 Å². The Morgan fingerprint density at radius 3 is 2.50 bits per heavy atom. The first-order valence-electron chi connectivity index (χ1n) is 8.43. The van der Waals surface area contributed by atoms with Gasteiger partial charge in [0.25, 0.3) is 0 Å². The molecule has 0 radical (unpaired) electrons. The molecule has 0 fully saturated rings. The summed E-state index contributed by atoms with van der Waals surface area (Å²) in [4.78, 5) is 22.8. The van der Waals surface area contributed by atoms with Crippen LogP contribution in [0, 0.1) is 0 Å². The second-order valence-corrected chi connectivity index (χ2v) is 6.54. The first kappa shape index (κ1) is 18.1. The van der Waals surface area contributed by atoms with Gasteiger partial charge in [-0.25, -0.2) is 0 Å². The van der Waals surface area contributed by atoms with Crippen molar-refractivity contribution >= 4 is 17.5 Å². The van der Waals surface area contributed by atoms with Crippen molar-refractivity contribution in [3.05, 3.63) is 95.0 Å². The van der Waals surface area contributed by atoms with Crippen molar-refractivity contribution < 1.29 is 4.79 Å². The third kappa shape index (κ3) is 4.46. The molecule has 1 amide bonds. The van der Waals surface area contributed by atoms with Gasteiger partial charge in [-0.3, -0.25) is 14.8 Å². The molecule has 4 nitrogen and oxygen atoms in total. The summed E-state index contributed by atoms with van der Waals surface area (Å²) in [5.41, 5.74) is 2.79. The van der Waals surface area contributed by atoms with E-state index in [1.807, 2.05) is 54.6 Å². The molecule has 0 spiro atoms. The predicted molar refractivity (Wildman–Crippen MR) is 103 cm³/mol. The maximum absolute atomic E-state index is 12.9. The molecule has 1 aromatic heterocycles. The standard InChI is InChI=1S/C21H20ClN3O/c1-25(15-17-14-23-11-12-24-17)21(26)13-19(16-7-3-2-4-8-16)18-9-5-6-10-20(18)22/h2-12,14,19H,13,15H2,1H3/t19-/m0/s1. The van der Waals surface area contributed by atoms with Crippen LogP contribution in [0.15, 0.2) is 73.2 Å². The van der Waals surface area contributed by atoms with Crippen LogP contribution in [0.3, 0.4) is 0 Å². The van der Waals surface area contributed by atoms with Crippen LogP contribution in [0.25, 0.3) is 0 Å². The van der Waals surface area contributed by atoms with Crippen LogP contribution in [0.1, 0.15) is 29.2 Å². The average Bonchev–Trinajstić information content (AvgIpc) is 2.68. The largest absolute Gasteiger partial charge is 0.340 e. The normalized spacial score (nSPS) is 11.8. The summed E-state index contributed by atoms with van der Waals surface area (Å²) in [6.45, 7) is 0.427. The minimum absolute atomic E-state index is 0.0319. The van der Waals surface area contributed by atoms with E-state index in [0.29, 0.717) is 18.0 Å². The van der Waals surface area contributed by atoms with Crippen LogP contribution in [0.2, 0.25) is 5.02 Å². The lowest BCUT2D eigenvalue weighted by atomic mass is 9.88. The van der Waals surface area contributed by atoms with Gasteiger partial charge in [0.15, 0.2) is 0 Å². The van der Waals surface area contributed by atoms with Crippen LogP contribution in [-0.2, 0) is 11.3 Å². The van der Waals surface area contributed by atoms with Crippen LogP contribution in [0.5, 0.6) is 0 Å². The van der Waals surface area contributed by atoms with Gasteiger partial charge < -0.3 is 4.90 Å². The lowest BCUT2D eigenvalue weighted by molar-refractivity contribution is -0.130. The number of hydrogen-bond donors (Lipinski definition) is 0. The zero-order valence-corrected chi connectivity index (χ0v) is 15.3. The topological polar surface area (TPSA) is 46.1 Å². The SMILES string of the molecule is CN(Cc1cnccn1)C(=O)C[C@@H](c1ccccc1)c1ccccc1Cl. The van der Waals surface area contributed by atoms with Crippen molar-refractivity contribution in [1.29, 1.82) is 0 Å². The molecule has 1 heterocycles. The van der Waals surface area contributed by atoms with Gasteiger partial charge in [-0.15, -0.1) is 0 Å². The van der Waals surface area contributed by atoms with E-state index in [2.05, 4.69) is 9.97 Å². The molecule has 0 aliphatic heterocycles. The highest BCUT2D eigenvalue weighted by molar-refractivity contribution is 6.31. The van der Waals surface area contributed by atoms with Crippen molar-refractivity contribution in [2.24, 2.45) is 0 Å². The van der Waals surface area contributed by atoms with Gasteiger partial charge in [0, 0.05) is 36.8 Å². The highest BCUT2D eigenvalue weighted by Gasteiger charge is 2.22. The molecule has 0 N–H and O–H groups in total. The van der Waals surface area contributed by atoms with Crippen molar-refractivity contribution in [2.75, 3.05) is 7.05 Å². The lowest BCUT2D eigenvalue weighted by Crippen LogP contribution is -2.28. The predicted octanol–water partition coefficient (Wildman–Crippen LogP) is 4.31. The number of halogens is 1. The molecule has 0 aliphatic carbocycles. The third-order valence-corrected chi connectivity index (χ3v) is 4.65. The molecule has 132 valence electrons. The second kappa shape index (κ2) is 8.59. The molecule has 3 rings (SSSR count). The number of hydrogen-bond acceptors (Lipinski definition) is 3. The van der Waals surface area contributed by atoms with E-state index in [-0.39, 0.29) is 11.8 Å². The monoisotopic (exact) mass is 365 g/mol. The number of aromatic nitrogens is 2. The van der Waals surface area contributed by atoms with Crippen LogP contribution >= 0.6 is 11.6 Å². The third-order valence-electron chi connectivity index (χ3n) is 4.30. The fraction of sp³-hybridized carbons (Fsp3) is 0.190. The van der Waals surface area contributed by atoms with Gasteiger partial charge in [-0.05, 0) is 17.2 Å². The van der Waals surface area contributed by atoms with Gasteiger partial charge >= 0.3 is 0 Å². The Hall–Kier alpha value is -2.72. The molecule has 5 heteroatoms. The van der Waals surface area contributed by atoms with E-state index in [4.69, 9.17) is 11.6 Å². The van der Waals surface area contributed by atoms with Gasteiger partial charge in [-0.2, -0.15) is 0 Å². The highest BCUT2D eigenvalue weighted by Crippen LogP contribution is 2.33. The van der Waals surface area contributed by atoms with E-state index in [9.17, 15) is 4.79 Å². The van der Waals surface area contributed by atoms with Crippen molar-refractivity contribution in [3.8, 4) is 0 Å². The molecule has 2 aromatic carbocycles. The number of rotatable bonds is 6. The Kier molecular flexibility index (Phi) is 5.97. The van der Waals surface area contributed by atoms with Gasteiger partial charge in [0.1, 0.15) is 0 Å². The summed E-state index contributed by atoms with van der Waals surface area (Å²) in [5.74, 6) is -0.0638. The molecule has 0 saturated heterocycles. The summed E-state index contributed by atoms with van der Waals surface area (Å²) in [7, 11) is 1.78. The van der Waals surface area contributed by atoms with E-state index in [0.717, 1.165) is 16.8 Å². The minimum atomic E-state index is -0.0956. The molecule has 26 heavy (non-hydrogen) atoms. The number of nitrogens with zero attached hydrogens (tertiary/aromatic N) is 3. The zero-order chi connectivity index (χ0) is 18.4. The second-order valence-electron chi connectivity index (χ2n) is 6.14. The summed E-state index contributed by atoms with van der Waals surface area (Å²) >= 11 is 6.42. The minimum Gasteiger partial charge on any atom is -0.340 e. The first-order chi connectivity index (χ1) is 12.6. The smallest absolute Gasteiger partial charge is 0.223 e. The van der Waals surface area contributed by atoms with Crippen molar-refractivity contribution in [2.45, 2.75) is 18.9 Å². The number of carbonyl (C=O) groups excluding carboxylic acids is 1. The first-order valence-corrected chi connectivity index (χ1v) is 8.81. The van der Waals surface area contributed by atoms with Crippen molar-refractivity contribution in [1.82, 2.24) is 14.9 Å². The maximum Gasteiger partial charge on any atom is 0.223 e. The fourth-order valence-electron chi connectivity index (χ4n) is 2.92. The van der Waals surface area contributed by atoms with E-state index < -0.39 is 0 Å². The number of carbonyl (C=O) groups is 1. The number of amides is 1. The Labute approximate surface area is 158 Å². The Bertz CT molecular complexity index is 855. The van der Waals surface area contributed by atoms with E-state index in [1.54, 1.807) is 30.5 Å². The molecular weight excluding hydrogens is 346 g/mol. The van der Waals surface area contributed by atoms with Crippen LogP contribution < -0.4 is 0 Å². The molecule has 0 bridgehead atoms.